The number of aromatic nitrogens is 1. The monoisotopic (exact) mass is 347 g/mol. The average molecular weight is 347 g/mol. The third-order valence-electron chi connectivity index (χ3n) is 5.02. The Labute approximate surface area is 157 Å². The summed E-state index contributed by atoms with van der Waals surface area (Å²) in [4.78, 5) is 13.2. The van der Waals surface area contributed by atoms with Crippen molar-refractivity contribution in [1.82, 2.24) is 4.57 Å². The van der Waals surface area contributed by atoms with Crippen molar-refractivity contribution in [1.29, 1.82) is 0 Å². The fourth-order valence-corrected chi connectivity index (χ4v) is 3.72. The van der Waals surface area contributed by atoms with Gasteiger partial charge in [-0.25, -0.2) is 0 Å². The standard InChI is InChI=1S/C25H17NO/c27-25-21-14-6-7-15-24(21)26(17-22(25)19-9-2-1-3-10-19)23-16-8-12-18-11-4-5-13-20(18)23/h1-17H. The third kappa shape index (κ3) is 2.54. The summed E-state index contributed by atoms with van der Waals surface area (Å²) in [7, 11) is 0. The van der Waals surface area contributed by atoms with E-state index in [1.807, 2.05) is 66.9 Å². The van der Waals surface area contributed by atoms with Crippen LogP contribution in [-0.2, 0) is 0 Å². The topological polar surface area (TPSA) is 22.0 Å². The van der Waals surface area contributed by atoms with Crippen molar-refractivity contribution in [3.63, 3.8) is 0 Å². The average Bonchev–Trinajstić information content (AvgIpc) is 2.75. The molecule has 0 saturated carbocycles. The van der Waals surface area contributed by atoms with Gasteiger partial charge in [-0.1, -0.05) is 78.9 Å². The fraction of sp³-hybridized carbons (Fsp3) is 0. The van der Waals surface area contributed by atoms with Crippen LogP contribution in [-0.4, -0.2) is 4.57 Å². The third-order valence-corrected chi connectivity index (χ3v) is 5.02. The number of para-hydroxylation sites is 1. The zero-order valence-corrected chi connectivity index (χ0v) is 14.7. The molecular weight excluding hydrogens is 330 g/mol. The van der Waals surface area contributed by atoms with Gasteiger partial charge in [0, 0.05) is 22.5 Å². The summed E-state index contributed by atoms with van der Waals surface area (Å²) in [6.45, 7) is 0. The fourth-order valence-electron chi connectivity index (χ4n) is 3.72. The molecule has 0 atom stereocenters. The molecule has 0 N–H and O–H groups in total. The SMILES string of the molecule is O=c1c(-c2ccccc2)cn(-c2cccc3ccccc23)c2ccccc12. The van der Waals surface area contributed by atoms with E-state index in [2.05, 4.69) is 41.0 Å². The highest BCUT2D eigenvalue weighted by atomic mass is 16.1. The van der Waals surface area contributed by atoms with Gasteiger partial charge in [-0.3, -0.25) is 4.79 Å². The van der Waals surface area contributed by atoms with Gasteiger partial charge in [0.05, 0.1) is 11.2 Å². The van der Waals surface area contributed by atoms with Crippen LogP contribution in [0.25, 0.3) is 38.5 Å². The second-order valence-electron chi connectivity index (χ2n) is 6.62. The highest BCUT2D eigenvalue weighted by Gasteiger charge is 2.12. The Hall–Kier alpha value is -3.65. The van der Waals surface area contributed by atoms with Gasteiger partial charge in [0.1, 0.15) is 0 Å². The molecule has 2 heteroatoms. The minimum Gasteiger partial charge on any atom is -0.315 e. The lowest BCUT2D eigenvalue weighted by molar-refractivity contribution is 1.11. The maximum atomic E-state index is 13.2. The van der Waals surface area contributed by atoms with Gasteiger partial charge in [0.2, 0.25) is 0 Å². The van der Waals surface area contributed by atoms with Crippen molar-refractivity contribution in [3.05, 3.63) is 113 Å². The number of hydrogen-bond donors (Lipinski definition) is 0. The molecular formula is C25H17NO. The highest BCUT2D eigenvalue weighted by molar-refractivity contribution is 5.93. The first kappa shape index (κ1) is 15.6. The molecule has 0 amide bonds. The largest absolute Gasteiger partial charge is 0.315 e. The van der Waals surface area contributed by atoms with E-state index >= 15 is 0 Å². The molecule has 0 aliphatic rings. The van der Waals surface area contributed by atoms with Crippen LogP contribution in [0.5, 0.6) is 0 Å². The van der Waals surface area contributed by atoms with Gasteiger partial charge in [-0.2, -0.15) is 0 Å². The number of rotatable bonds is 2. The Balaban J connectivity index is 1.92. The molecule has 0 saturated heterocycles. The summed E-state index contributed by atoms with van der Waals surface area (Å²) >= 11 is 0. The Bertz CT molecular complexity index is 1330. The zero-order chi connectivity index (χ0) is 18.2. The molecule has 4 aromatic carbocycles. The van der Waals surface area contributed by atoms with E-state index in [1.165, 1.54) is 5.39 Å². The molecule has 2 nitrogen and oxygen atoms in total. The first-order chi connectivity index (χ1) is 13.3. The van der Waals surface area contributed by atoms with Gasteiger partial charge < -0.3 is 4.57 Å². The van der Waals surface area contributed by atoms with Crippen molar-refractivity contribution >= 4 is 21.7 Å². The predicted molar refractivity (Wildman–Crippen MR) is 112 cm³/mol. The van der Waals surface area contributed by atoms with Crippen molar-refractivity contribution in [3.8, 4) is 16.8 Å². The number of fused-ring (bicyclic) bond motifs is 2. The summed E-state index contributed by atoms with van der Waals surface area (Å²) < 4.78 is 2.14. The molecule has 0 spiro atoms. The van der Waals surface area contributed by atoms with Crippen LogP contribution in [0.1, 0.15) is 0 Å². The summed E-state index contributed by atoms with van der Waals surface area (Å²) in [6.07, 6.45) is 1.97. The molecule has 0 fully saturated rings. The van der Waals surface area contributed by atoms with Crippen LogP contribution in [0.2, 0.25) is 0 Å². The Morgan fingerprint density at radius 3 is 2.11 bits per heavy atom. The lowest BCUT2D eigenvalue weighted by Gasteiger charge is -2.16. The van der Waals surface area contributed by atoms with Gasteiger partial charge in [-0.15, -0.1) is 0 Å². The molecule has 27 heavy (non-hydrogen) atoms. The molecule has 1 heterocycles. The smallest absolute Gasteiger partial charge is 0.197 e. The van der Waals surface area contributed by atoms with Crippen LogP contribution in [0.15, 0.2) is 108 Å². The molecule has 128 valence electrons. The van der Waals surface area contributed by atoms with Gasteiger partial charge in [-0.05, 0) is 29.1 Å². The molecule has 0 radical (unpaired) electrons. The first-order valence-electron chi connectivity index (χ1n) is 9.01. The van der Waals surface area contributed by atoms with E-state index in [9.17, 15) is 4.79 Å². The minimum atomic E-state index is 0.0632. The Kier molecular flexibility index (Phi) is 3.61. The van der Waals surface area contributed by atoms with Gasteiger partial charge >= 0.3 is 0 Å². The lowest BCUT2D eigenvalue weighted by atomic mass is 10.0. The number of benzene rings is 4. The van der Waals surface area contributed by atoms with Crippen LogP contribution in [0, 0.1) is 0 Å². The first-order valence-corrected chi connectivity index (χ1v) is 9.01. The van der Waals surface area contributed by atoms with Crippen molar-refractivity contribution < 1.29 is 0 Å². The molecule has 0 unspecified atom stereocenters. The molecule has 5 aromatic rings. The second-order valence-corrected chi connectivity index (χ2v) is 6.62. The predicted octanol–water partition coefficient (Wildman–Crippen LogP) is 5.81. The molecule has 5 rings (SSSR count). The van der Waals surface area contributed by atoms with E-state index in [0.717, 1.165) is 27.5 Å². The van der Waals surface area contributed by atoms with E-state index < -0.39 is 0 Å². The second kappa shape index (κ2) is 6.26. The molecule has 0 aliphatic carbocycles. The Morgan fingerprint density at radius 1 is 0.593 bits per heavy atom. The van der Waals surface area contributed by atoms with Crippen molar-refractivity contribution in [2.24, 2.45) is 0 Å². The normalized spacial score (nSPS) is 11.1. The molecule has 0 bridgehead atoms. The van der Waals surface area contributed by atoms with E-state index in [0.29, 0.717) is 5.56 Å². The van der Waals surface area contributed by atoms with Crippen molar-refractivity contribution in [2.75, 3.05) is 0 Å². The minimum absolute atomic E-state index is 0.0632. The summed E-state index contributed by atoms with van der Waals surface area (Å²) in [5, 5.41) is 3.07. The summed E-state index contributed by atoms with van der Waals surface area (Å²) in [6, 6.07) is 32.3. The quantitative estimate of drug-likeness (QED) is 0.395. The van der Waals surface area contributed by atoms with Crippen molar-refractivity contribution in [2.45, 2.75) is 0 Å². The van der Waals surface area contributed by atoms with E-state index in [-0.39, 0.29) is 5.43 Å². The van der Waals surface area contributed by atoms with Crippen LogP contribution < -0.4 is 5.43 Å². The maximum Gasteiger partial charge on any atom is 0.197 e. The number of pyridine rings is 1. The van der Waals surface area contributed by atoms with Crippen LogP contribution in [0.3, 0.4) is 0 Å². The van der Waals surface area contributed by atoms with Crippen LogP contribution >= 0.6 is 0 Å². The summed E-state index contributed by atoms with van der Waals surface area (Å²) in [5.41, 5.74) is 3.69. The number of nitrogens with zero attached hydrogens (tertiary/aromatic N) is 1. The lowest BCUT2D eigenvalue weighted by Crippen LogP contribution is -2.11. The number of hydrogen-bond acceptors (Lipinski definition) is 1. The summed E-state index contributed by atoms with van der Waals surface area (Å²) in [5.74, 6) is 0. The van der Waals surface area contributed by atoms with Crippen LogP contribution in [0.4, 0.5) is 0 Å². The van der Waals surface area contributed by atoms with Gasteiger partial charge in [0.25, 0.3) is 0 Å². The zero-order valence-electron chi connectivity index (χ0n) is 14.7. The van der Waals surface area contributed by atoms with Gasteiger partial charge in [0.15, 0.2) is 5.43 Å². The highest BCUT2D eigenvalue weighted by Crippen LogP contribution is 2.27. The molecule has 1 aromatic heterocycles. The maximum absolute atomic E-state index is 13.2. The molecule has 0 aliphatic heterocycles. The van der Waals surface area contributed by atoms with E-state index in [4.69, 9.17) is 0 Å². The van der Waals surface area contributed by atoms with E-state index in [1.54, 1.807) is 0 Å². The Morgan fingerprint density at radius 2 is 1.26 bits per heavy atom.